The number of anilines is 1. The first-order valence-corrected chi connectivity index (χ1v) is 5.37. The molecule has 1 aromatic rings. The van der Waals surface area contributed by atoms with Gasteiger partial charge in [-0.3, -0.25) is 4.79 Å². The van der Waals surface area contributed by atoms with Crippen LogP contribution in [0.1, 0.15) is 19.3 Å². The number of amides is 1. The second-order valence-corrected chi connectivity index (χ2v) is 3.84. The highest BCUT2D eigenvalue weighted by Crippen LogP contribution is 2.19. The van der Waals surface area contributed by atoms with E-state index in [0.717, 1.165) is 24.9 Å². The van der Waals surface area contributed by atoms with Gasteiger partial charge in [0.2, 0.25) is 5.91 Å². The number of benzene rings is 1. The summed E-state index contributed by atoms with van der Waals surface area (Å²) in [6.07, 6.45) is 7.10. The van der Waals surface area contributed by atoms with Crippen molar-refractivity contribution in [3.05, 3.63) is 42.5 Å². The molecule has 0 saturated heterocycles. The van der Waals surface area contributed by atoms with Crippen LogP contribution in [0.4, 0.5) is 5.69 Å². The van der Waals surface area contributed by atoms with E-state index in [-0.39, 0.29) is 11.8 Å². The number of carbonyl (C=O) groups excluding carboxylic acids is 1. The molecule has 0 aliphatic heterocycles. The van der Waals surface area contributed by atoms with Gasteiger partial charge in [-0.25, -0.2) is 0 Å². The van der Waals surface area contributed by atoms with E-state index in [4.69, 9.17) is 0 Å². The molecule has 1 N–H and O–H groups in total. The summed E-state index contributed by atoms with van der Waals surface area (Å²) in [6, 6.07) is 9.62. The molecule has 0 bridgehead atoms. The van der Waals surface area contributed by atoms with E-state index in [1.54, 1.807) is 0 Å². The van der Waals surface area contributed by atoms with Crippen molar-refractivity contribution in [3.8, 4) is 0 Å². The minimum Gasteiger partial charge on any atom is -0.326 e. The molecule has 0 spiro atoms. The molecule has 0 aromatic heterocycles. The number of hydrogen-bond acceptors (Lipinski definition) is 1. The summed E-state index contributed by atoms with van der Waals surface area (Å²) in [5, 5.41) is 2.94. The van der Waals surface area contributed by atoms with Gasteiger partial charge in [-0.1, -0.05) is 30.4 Å². The van der Waals surface area contributed by atoms with Gasteiger partial charge < -0.3 is 5.32 Å². The average Bonchev–Trinajstić information content (AvgIpc) is 2.31. The van der Waals surface area contributed by atoms with Gasteiger partial charge in [0.05, 0.1) is 0 Å². The monoisotopic (exact) mass is 201 g/mol. The molecule has 1 aliphatic rings. The van der Waals surface area contributed by atoms with Gasteiger partial charge in [0.15, 0.2) is 0 Å². The lowest BCUT2D eigenvalue weighted by Crippen LogP contribution is -2.23. The van der Waals surface area contributed by atoms with Gasteiger partial charge in [-0.05, 0) is 31.4 Å². The zero-order valence-corrected chi connectivity index (χ0v) is 8.65. The molecule has 0 saturated carbocycles. The first kappa shape index (κ1) is 9.97. The van der Waals surface area contributed by atoms with Crippen molar-refractivity contribution in [1.82, 2.24) is 0 Å². The van der Waals surface area contributed by atoms with Crippen molar-refractivity contribution >= 4 is 11.6 Å². The van der Waals surface area contributed by atoms with E-state index >= 15 is 0 Å². The van der Waals surface area contributed by atoms with Crippen molar-refractivity contribution in [3.63, 3.8) is 0 Å². The maximum absolute atomic E-state index is 11.8. The first-order valence-electron chi connectivity index (χ1n) is 5.37. The Balaban J connectivity index is 1.95. The number of hydrogen-bond donors (Lipinski definition) is 1. The largest absolute Gasteiger partial charge is 0.326 e. The van der Waals surface area contributed by atoms with Gasteiger partial charge in [0, 0.05) is 11.6 Å². The lowest BCUT2D eigenvalue weighted by Gasteiger charge is -2.17. The number of allylic oxidation sites excluding steroid dienone is 2. The highest BCUT2D eigenvalue weighted by atomic mass is 16.1. The maximum atomic E-state index is 11.8. The Bertz CT molecular complexity index is 356. The van der Waals surface area contributed by atoms with Crippen LogP contribution in [-0.4, -0.2) is 5.91 Å². The van der Waals surface area contributed by atoms with E-state index in [1.807, 2.05) is 30.3 Å². The Morgan fingerprint density at radius 3 is 2.67 bits per heavy atom. The third-order valence-corrected chi connectivity index (χ3v) is 2.68. The molecule has 1 aromatic carbocycles. The summed E-state index contributed by atoms with van der Waals surface area (Å²) in [6.45, 7) is 0. The molecule has 1 atom stereocenters. The van der Waals surface area contributed by atoms with Crippen LogP contribution in [0.25, 0.3) is 0 Å². The maximum Gasteiger partial charge on any atom is 0.227 e. The Kier molecular flexibility index (Phi) is 3.18. The van der Waals surface area contributed by atoms with Crippen LogP contribution in [0.2, 0.25) is 0 Å². The van der Waals surface area contributed by atoms with Gasteiger partial charge >= 0.3 is 0 Å². The summed E-state index contributed by atoms with van der Waals surface area (Å²) in [7, 11) is 0. The van der Waals surface area contributed by atoms with Gasteiger partial charge in [0.25, 0.3) is 0 Å². The van der Waals surface area contributed by atoms with E-state index in [1.165, 1.54) is 0 Å². The zero-order valence-electron chi connectivity index (χ0n) is 8.65. The number of para-hydroxylation sites is 1. The molecule has 2 nitrogen and oxygen atoms in total. The second-order valence-electron chi connectivity index (χ2n) is 3.84. The molecular weight excluding hydrogens is 186 g/mol. The second kappa shape index (κ2) is 4.78. The van der Waals surface area contributed by atoms with Crippen LogP contribution in [0, 0.1) is 5.92 Å². The summed E-state index contributed by atoms with van der Waals surface area (Å²) in [4.78, 5) is 11.8. The van der Waals surface area contributed by atoms with Gasteiger partial charge in [0.1, 0.15) is 0 Å². The molecule has 2 rings (SSSR count). The van der Waals surface area contributed by atoms with Crippen LogP contribution in [-0.2, 0) is 4.79 Å². The summed E-state index contributed by atoms with van der Waals surface area (Å²) >= 11 is 0. The van der Waals surface area contributed by atoms with Crippen molar-refractivity contribution in [2.45, 2.75) is 19.3 Å². The minimum absolute atomic E-state index is 0.144. The summed E-state index contributed by atoms with van der Waals surface area (Å²) in [5.41, 5.74) is 0.886. The lowest BCUT2D eigenvalue weighted by atomic mass is 9.93. The molecule has 1 unspecified atom stereocenters. The first-order chi connectivity index (χ1) is 7.36. The van der Waals surface area contributed by atoms with E-state index < -0.39 is 0 Å². The third-order valence-electron chi connectivity index (χ3n) is 2.68. The van der Waals surface area contributed by atoms with E-state index in [0.29, 0.717) is 0 Å². The average molecular weight is 201 g/mol. The topological polar surface area (TPSA) is 29.1 Å². The van der Waals surface area contributed by atoms with E-state index in [9.17, 15) is 4.79 Å². The summed E-state index contributed by atoms with van der Waals surface area (Å²) < 4.78 is 0. The predicted molar refractivity (Wildman–Crippen MR) is 61.6 cm³/mol. The highest BCUT2D eigenvalue weighted by molar-refractivity contribution is 5.92. The normalized spacial score (nSPS) is 19.9. The Hall–Kier alpha value is -1.57. The molecule has 1 amide bonds. The molecule has 0 heterocycles. The highest BCUT2D eigenvalue weighted by Gasteiger charge is 2.18. The van der Waals surface area contributed by atoms with Crippen LogP contribution >= 0.6 is 0 Å². The molecule has 2 heteroatoms. The molecule has 0 fully saturated rings. The molecule has 15 heavy (non-hydrogen) atoms. The Morgan fingerprint density at radius 1 is 1.20 bits per heavy atom. The van der Waals surface area contributed by atoms with Gasteiger partial charge in [-0.15, -0.1) is 0 Å². The van der Waals surface area contributed by atoms with Crippen LogP contribution < -0.4 is 5.32 Å². The predicted octanol–water partition coefficient (Wildman–Crippen LogP) is 2.98. The number of carbonyl (C=O) groups is 1. The fourth-order valence-electron chi connectivity index (χ4n) is 1.80. The van der Waals surface area contributed by atoms with Crippen LogP contribution in [0.15, 0.2) is 42.5 Å². The van der Waals surface area contributed by atoms with Crippen LogP contribution in [0.5, 0.6) is 0 Å². The molecule has 1 aliphatic carbocycles. The molecule has 78 valence electrons. The smallest absolute Gasteiger partial charge is 0.227 e. The number of nitrogens with one attached hydrogen (secondary N) is 1. The lowest BCUT2D eigenvalue weighted by molar-refractivity contribution is -0.120. The fourth-order valence-corrected chi connectivity index (χ4v) is 1.80. The van der Waals surface area contributed by atoms with Crippen molar-refractivity contribution in [1.29, 1.82) is 0 Å². The van der Waals surface area contributed by atoms with Gasteiger partial charge in [-0.2, -0.15) is 0 Å². The Labute approximate surface area is 90.0 Å². The van der Waals surface area contributed by atoms with Crippen molar-refractivity contribution in [2.24, 2.45) is 5.92 Å². The van der Waals surface area contributed by atoms with E-state index in [2.05, 4.69) is 17.5 Å². The van der Waals surface area contributed by atoms with Crippen molar-refractivity contribution < 1.29 is 4.79 Å². The third kappa shape index (κ3) is 2.69. The zero-order chi connectivity index (χ0) is 10.5. The minimum atomic E-state index is 0.144. The Morgan fingerprint density at radius 2 is 2.00 bits per heavy atom. The van der Waals surface area contributed by atoms with Crippen molar-refractivity contribution in [2.75, 3.05) is 5.32 Å². The molecular formula is C13H15NO. The quantitative estimate of drug-likeness (QED) is 0.732. The summed E-state index contributed by atoms with van der Waals surface area (Å²) in [5.74, 6) is 0.292. The fraction of sp³-hybridized carbons (Fsp3) is 0.308. The van der Waals surface area contributed by atoms with Crippen LogP contribution in [0.3, 0.4) is 0 Å². The SMILES string of the molecule is O=C(Nc1ccccc1)C1CC=CCC1. The number of rotatable bonds is 2. The standard InChI is InChI=1S/C13H15NO/c15-13(11-7-3-1-4-8-11)14-12-9-5-2-6-10-12/h1-3,5-6,9-11H,4,7-8H2,(H,14,15). The molecule has 0 radical (unpaired) electrons.